The van der Waals surface area contributed by atoms with Gasteiger partial charge in [-0.05, 0) is 284 Å². The molecule has 0 bridgehead atoms. The Morgan fingerprint density at radius 2 is 0.579 bits per heavy atom. The van der Waals surface area contributed by atoms with Crippen LogP contribution in [0.1, 0.15) is 399 Å². The SMILES string of the molecule is CC(C)OC1CCCC1.CCC(C)OC.CCCC(C)OC.CCCC(C)OCC.CCCCOCC.CCCOC(C)C.CCCOC(C)CC.CCCOC(C)CCC.CCCOCC.CCOC.CCOC(C)(C)C.CCOC(C)C.CCOC(C)C.CCOC(C)CC.CCOCC.COC(C)C. The van der Waals surface area contributed by atoms with Crippen molar-refractivity contribution < 1.29 is 75.8 Å². The summed E-state index contributed by atoms with van der Waals surface area (Å²) in [6.45, 7) is 95.7. The van der Waals surface area contributed by atoms with E-state index in [1.54, 1.807) is 28.4 Å². The van der Waals surface area contributed by atoms with Gasteiger partial charge in [0.1, 0.15) is 0 Å². The van der Waals surface area contributed by atoms with Gasteiger partial charge < -0.3 is 75.8 Å². The lowest BCUT2D eigenvalue weighted by Gasteiger charge is -2.17. The van der Waals surface area contributed by atoms with Crippen LogP contribution in [0.25, 0.3) is 0 Å². The first-order valence-electron chi connectivity index (χ1n) is 43.8. The molecule has 0 aliphatic heterocycles. The molecule has 0 heterocycles. The highest BCUT2D eigenvalue weighted by Crippen LogP contribution is 2.22. The second-order valence-corrected chi connectivity index (χ2v) is 27.5. The zero-order valence-electron chi connectivity index (χ0n) is 82.0. The lowest BCUT2D eigenvalue weighted by Crippen LogP contribution is -2.18. The smallest absolute Gasteiger partial charge is 0.0598 e. The van der Waals surface area contributed by atoms with E-state index in [0.717, 1.165) is 144 Å². The van der Waals surface area contributed by atoms with E-state index in [1.165, 1.54) is 77.0 Å². The summed E-state index contributed by atoms with van der Waals surface area (Å²) in [7, 11) is 6.86. The second-order valence-electron chi connectivity index (χ2n) is 27.5. The third-order valence-corrected chi connectivity index (χ3v) is 13.3. The van der Waals surface area contributed by atoms with Crippen LogP contribution in [0.15, 0.2) is 0 Å². The average molecular weight is 1560 g/mol. The van der Waals surface area contributed by atoms with Crippen molar-refractivity contribution in [2.45, 2.75) is 478 Å². The largest absolute Gasteiger partial charge is 0.385 e. The van der Waals surface area contributed by atoms with Crippen LogP contribution in [-0.2, 0) is 75.8 Å². The van der Waals surface area contributed by atoms with Gasteiger partial charge in [-0.15, -0.1) is 0 Å². The molecule has 16 nitrogen and oxygen atoms in total. The molecule has 6 atom stereocenters. The zero-order chi connectivity index (χ0) is 86.8. The third kappa shape index (κ3) is 234. The van der Waals surface area contributed by atoms with Crippen molar-refractivity contribution in [1.29, 1.82) is 0 Å². The molecule has 0 aromatic rings. The van der Waals surface area contributed by atoms with Crippen molar-refractivity contribution in [1.82, 2.24) is 0 Å². The van der Waals surface area contributed by atoms with Gasteiger partial charge in [-0.2, -0.15) is 0 Å². The Bertz CT molecular complexity index is 1200. The van der Waals surface area contributed by atoms with Gasteiger partial charge in [0.15, 0.2) is 0 Å². The number of methoxy groups -OCH3 is 4. The van der Waals surface area contributed by atoms with Crippen molar-refractivity contribution in [3.63, 3.8) is 0 Å². The summed E-state index contributed by atoms with van der Waals surface area (Å²) in [6.07, 6.45) is 28.2. The second kappa shape index (κ2) is 137. The Morgan fingerprint density at radius 1 is 0.271 bits per heavy atom. The Morgan fingerprint density at radius 3 is 0.757 bits per heavy atom. The topological polar surface area (TPSA) is 148 Å². The number of hydrogen-bond donors (Lipinski definition) is 0. The van der Waals surface area contributed by atoms with E-state index < -0.39 is 0 Å². The highest BCUT2D eigenvalue weighted by Gasteiger charge is 2.16. The normalized spacial score (nSPS) is 12.5. The highest BCUT2D eigenvalue weighted by atomic mass is 16.5. The molecule has 0 amide bonds. The van der Waals surface area contributed by atoms with Crippen LogP contribution in [0, 0.1) is 0 Å². The first-order chi connectivity index (χ1) is 50.4. The molecule has 1 rings (SSSR count). The molecule has 0 spiro atoms. The van der Waals surface area contributed by atoms with E-state index in [2.05, 4.69) is 171 Å². The molecular weight excluding hydrogens is 1350 g/mol. The summed E-state index contributed by atoms with van der Waals surface area (Å²) < 4.78 is 81.4. The minimum atomic E-state index is 0.0503. The molecule has 0 aromatic heterocycles. The van der Waals surface area contributed by atoms with Gasteiger partial charge in [-0.1, -0.05) is 115 Å². The summed E-state index contributed by atoms with van der Waals surface area (Å²) in [5.74, 6) is 0. The molecule has 107 heavy (non-hydrogen) atoms. The summed E-state index contributed by atoms with van der Waals surface area (Å²) in [5, 5.41) is 0. The lowest BCUT2D eigenvalue weighted by atomic mass is 10.2. The maximum atomic E-state index is 5.61. The molecule has 672 valence electrons. The van der Waals surface area contributed by atoms with Crippen LogP contribution in [0.4, 0.5) is 0 Å². The fourth-order valence-electron chi connectivity index (χ4n) is 6.86. The maximum Gasteiger partial charge on any atom is 0.0598 e. The Kier molecular flexibility index (Phi) is 182. The van der Waals surface area contributed by atoms with Crippen molar-refractivity contribution >= 4 is 0 Å². The average Bonchev–Trinajstić information content (AvgIpc) is 1.82. The van der Waals surface area contributed by atoms with Gasteiger partial charge in [-0.25, -0.2) is 0 Å². The molecule has 0 radical (unpaired) electrons. The first-order valence-corrected chi connectivity index (χ1v) is 43.8. The van der Waals surface area contributed by atoms with E-state index in [1.807, 2.05) is 111 Å². The maximum absolute atomic E-state index is 5.61. The summed E-state index contributed by atoms with van der Waals surface area (Å²) >= 11 is 0. The minimum absolute atomic E-state index is 0.0503. The van der Waals surface area contributed by atoms with Crippen LogP contribution in [0.2, 0.25) is 0 Å². The van der Waals surface area contributed by atoms with E-state index >= 15 is 0 Å². The monoisotopic (exact) mass is 1560 g/mol. The van der Waals surface area contributed by atoms with Gasteiger partial charge in [0.05, 0.1) is 78.8 Å². The van der Waals surface area contributed by atoms with Crippen molar-refractivity contribution in [3.8, 4) is 0 Å². The molecular formula is C91H212O16. The molecule has 1 aliphatic carbocycles. The van der Waals surface area contributed by atoms with Crippen molar-refractivity contribution in [3.05, 3.63) is 0 Å². The van der Waals surface area contributed by atoms with Crippen molar-refractivity contribution in [2.24, 2.45) is 0 Å². The van der Waals surface area contributed by atoms with E-state index in [9.17, 15) is 0 Å². The summed E-state index contributed by atoms with van der Waals surface area (Å²) in [5.41, 5.74) is 0.0503. The molecule has 0 N–H and O–H groups in total. The summed E-state index contributed by atoms with van der Waals surface area (Å²) in [4.78, 5) is 0. The Balaban J connectivity index is -0.0000000651. The fourth-order valence-corrected chi connectivity index (χ4v) is 6.86. The van der Waals surface area contributed by atoms with Gasteiger partial charge in [0, 0.05) is 128 Å². The van der Waals surface area contributed by atoms with E-state index in [4.69, 9.17) is 71.1 Å². The molecule has 1 fully saturated rings. The fraction of sp³-hybridized carbons (Fsp3) is 1.00. The van der Waals surface area contributed by atoms with Crippen LogP contribution < -0.4 is 0 Å². The zero-order valence-corrected chi connectivity index (χ0v) is 82.0. The molecule has 0 aromatic carbocycles. The first kappa shape index (κ1) is 141. The Labute approximate surface area is 677 Å². The quantitative estimate of drug-likeness (QED) is 0.0533. The predicted octanol–water partition coefficient (Wildman–Crippen LogP) is 27.0. The van der Waals surface area contributed by atoms with Crippen LogP contribution in [-0.4, -0.2) is 206 Å². The van der Waals surface area contributed by atoms with Crippen molar-refractivity contribution in [2.75, 3.05) is 128 Å². The van der Waals surface area contributed by atoms with Crippen LogP contribution in [0.3, 0.4) is 0 Å². The van der Waals surface area contributed by atoms with E-state index in [0.29, 0.717) is 73.2 Å². The van der Waals surface area contributed by atoms with Gasteiger partial charge >= 0.3 is 0 Å². The molecule has 16 heteroatoms. The van der Waals surface area contributed by atoms with Gasteiger partial charge in [0.2, 0.25) is 0 Å². The van der Waals surface area contributed by atoms with E-state index in [-0.39, 0.29) is 5.60 Å². The standard InChI is InChI=1S/C8H16O.C8H18O.2C7H16O.5C6H14O.4C5H12O.2C4H10O.C3H8O/c1-7(2)9-8-5-3-4-6-8;1-4-6-8(3)9-7-5-2;1-4-6-7(3)8-5-2;1-4-6-8-7(3)5-2;1-5-7-6(2,3)4;1-4-5-6(2)7-3;1-4-5-7-6(2)3;1-4-6(3)7-5-2;1-3-5-6-7-4-2;1-4-5(2)6-3;2*1-4-6-5(2)3;1-3-5-6-4-2;1-4(2)5-3;1-3-5-4-2;1-3-4-2/h7-8H,3-6H2,1-2H3;8H,4-7H2,1-3H3;2*7H,4-6H2,1-3H3;5H2,1-4H3;3*6H,4-5H2,1-3H3;3-6H2,1-2H3;3*5H,4H2,1-3H3;3-5H2,1-2H3;4H,1-3H3;3-4H2,1-2H3;3H2,1-2H3. The van der Waals surface area contributed by atoms with Crippen LogP contribution in [0.5, 0.6) is 0 Å². The molecule has 0 saturated heterocycles. The number of hydrogen-bond acceptors (Lipinski definition) is 16. The number of rotatable bonds is 42. The number of unbranched alkanes of at least 4 members (excludes halogenated alkanes) is 1. The lowest BCUT2D eigenvalue weighted by molar-refractivity contribution is 0.00528. The Hall–Kier alpha value is -0.640. The number of ether oxygens (including phenoxy) is 16. The highest BCUT2D eigenvalue weighted by molar-refractivity contribution is 4.67. The predicted molar refractivity (Wildman–Crippen MR) is 477 cm³/mol. The van der Waals surface area contributed by atoms with Gasteiger partial charge in [-0.3, -0.25) is 0 Å². The molecule has 1 aliphatic rings. The molecule has 1 saturated carbocycles. The summed E-state index contributed by atoms with van der Waals surface area (Å²) in [6, 6.07) is 0. The van der Waals surface area contributed by atoms with Gasteiger partial charge in [0.25, 0.3) is 0 Å². The molecule has 6 unspecified atom stereocenters. The minimum Gasteiger partial charge on any atom is -0.385 e. The van der Waals surface area contributed by atoms with Crippen LogP contribution >= 0.6 is 0 Å². The third-order valence-electron chi connectivity index (χ3n) is 13.3.